The van der Waals surface area contributed by atoms with Gasteiger partial charge in [-0.25, -0.2) is 13.1 Å². The summed E-state index contributed by atoms with van der Waals surface area (Å²) >= 11 is 0. The second-order valence-corrected chi connectivity index (χ2v) is 14.1. The third kappa shape index (κ3) is 6.37. The normalized spacial score (nSPS) is 13.3. The molecule has 0 amide bonds. The quantitative estimate of drug-likeness (QED) is 0.563. The maximum Gasteiger partial charge on any atom is 0.240 e. The number of benzene rings is 1. The van der Waals surface area contributed by atoms with Gasteiger partial charge in [-0.3, -0.25) is 0 Å². The molecule has 1 aromatic carbocycles. The number of unbranched alkanes of at least 4 members (excludes halogenated alkanes) is 1. The van der Waals surface area contributed by atoms with Gasteiger partial charge in [-0.05, 0) is 50.0 Å². The molecule has 1 aromatic rings. The summed E-state index contributed by atoms with van der Waals surface area (Å²) in [4.78, 5) is 0.320. The molecule has 0 aliphatic carbocycles. The van der Waals surface area contributed by atoms with E-state index in [1.807, 2.05) is 19.1 Å². The number of rotatable bonds is 8. The van der Waals surface area contributed by atoms with Gasteiger partial charge in [-0.15, -0.1) is 0 Å². The minimum atomic E-state index is -3.40. The summed E-state index contributed by atoms with van der Waals surface area (Å²) in [6.07, 6.45) is 1.64. The maximum absolute atomic E-state index is 12.1. The van der Waals surface area contributed by atoms with Crippen molar-refractivity contribution in [2.45, 2.75) is 63.6 Å². The molecule has 0 aromatic heterocycles. The highest BCUT2D eigenvalue weighted by atomic mass is 32.2. The van der Waals surface area contributed by atoms with Crippen molar-refractivity contribution >= 4 is 18.3 Å². The lowest BCUT2D eigenvalue weighted by Crippen LogP contribution is -2.41. The predicted molar refractivity (Wildman–Crippen MR) is 98.8 cm³/mol. The van der Waals surface area contributed by atoms with Gasteiger partial charge < -0.3 is 4.43 Å². The summed E-state index contributed by atoms with van der Waals surface area (Å²) in [5.74, 6) is 0. The molecule has 4 nitrogen and oxygen atoms in total. The van der Waals surface area contributed by atoms with E-state index in [9.17, 15) is 8.42 Å². The van der Waals surface area contributed by atoms with E-state index >= 15 is 0 Å². The van der Waals surface area contributed by atoms with Crippen molar-refractivity contribution in [2.75, 3.05) is 13.2 Å². The smallest absolute Gasteiger partial charge is 0.240 e. The van der Waals surface area contributed by atoms with E-state index in [1.165, 1.54) is 0 Å². The minimum absolute atomic E-state index is 0.208. The molecule has 0 saturated carbocycles. The van der Waals surface area contributed by atoms with Crippen LogP contribution in [0.1, 0.15) is 39.2 Å². The van der Waals surface area contributed by atoms with Crippen LogP contribution in [0.25, 0.3) is 0 Å². The SMILES string of the molecule is Cc1ccc(S(=O)(=O)NCCCCO[Si](C)(C)C(C)(C)C)cc1. The highest BCUT2D eigenvalue weighted by Gasteiger charge is 2.36. The lowest BCUT2D eigenvalue weighted by molar-refractivity contribution is 0.279. The van der Waals surface area contributed by atoms with E-state index in [0.29, 0.717) is 18.0 Å². The highest BCUT2D eigenvalue weighted by Crippen LogP contribution is 2.36. The van der Waals surface area contributed by atoms with Gasteiger partial charge in [0.05, 0.1) is 4.90 Å². The van der Waals surface area contributed by atoms with Gasteiger partial charge in [0.15, 0.2) is 8.32 Å². The molecule has 0 radical (unpaired) electrons. The van der Waals surface area contributed by atoms with Crippen LogP contribution in [-0.4, -0.2) is 29.9 Å². The first kappa shape index (κ1) is 20.4. The van der Waals surface area contributed by atoms with Gasteiger partial charge >= 0.3 is 0 Å². The van der Waals surface area contributed by atoms with Crippen molar-refractivity contribution in [1.29, 1.82) is 0 Å². The number of hydrogen-bond donors (Lipinski definition) is 1. The second kappa shape index (κ2) is 7.92. The zero-order chi connectivity index (χ0) is 17.7. The molecular formula is C17H31NO3SSi. The van der Waals surface area contributed by atoms with Crippen LogP contribution in [0.15, 0.2) is 29.2 Å². The molecule has 0 heterocycles. The van der Waals surface area contributed by atoms with Crippen molar-refractivity contribution < 1.29 is 12.8 Å². The van der Waals surface area contributed by atoms with Crippen molar-refractivity contribution in [3.63, 3.8) is 0 Å². The number of sulfonamides is 1. The third-order valence-corrected chi connectivity index (χ3v) is 10.5. The molecule has 132 valence electrons. The standard InChI is InChI=1S/C17H31NO3SSi/c1-15-9-11-16(12-10-15)22(19,20)18-13-7-8-14-21-23(5,6)17(2,3)4/h9-12,18H,7-8,13-14H2,1-6H3. The van der Waals surface area contributed by atoms with E-state index in [0.717, 1.165) is 18.4 Å². The Balaban J connectivity index is 2.34. The van der Waals surface area contributed by atoms with Crippen LogP contribution in [0.3, 0.4) is 0 Å². The van der Waals surface area contributed by atoms with Crippen molar-refractivity contribution in [3.05, 3.63) is 29.8 Å². The molecule has 6 heteroatoms. The van der Waals surface area contributed by atoms with Crippen molar-refractivity contribution in [1.82, 2.24) is 4.72 Å². The Morgan fingerprint density at radius 3 is 2.17 bits per heavy atom. The molecule has 1 N–H and O–H groups in total. The summed E-state index contributed by atoms with van der Waals surface area (Å²) in [7, 11) is -5.10. The molecule has 0 saturated heterocycles. The molecule has 0 aliphatic heterocycles. The molecule has 0 atom stereocenters. The van der Waals surface area contributed by atoms with E-state index in [4.69, 9.17) is 4.43 Å². The van der Waals surface area contributed by atoms with Crippen LogP contribution in [0, 0.1) is 6.92 Å². The number of hydrogen-bond acceptors (Lipinski definition) is 3. The first-order valence-corrected chi connectivity index (χ1v) is 12.6. The van der Waals surface area contributed by atoms with Crippen molar-refractivity contribution in [2.24, 2.45) is 0 Å². The maximum atomic E-state index is 12.1. The number of aryl methyl sites for hydroxylation is 1. The van der Waals surface area contributed by atoms with Crippen molar-refractivity contribution in [3.8, 4) is 0 Å². The Morgan fingerprint density at radius 1 is 1.09 bits per heavy atom. The summed E-state index contributed by atoms with van der Waals surface area (Å²) in [6, 6.07) is 6.89. The van der Waals surface area contributed by atoms with E-state index in [1.54, 1.807) is 12.1 Å². The lowest BCUT2D eigenvalue weighted by Gasteiger charge is -2.36. The molecule has 0 aliphatic rings. The Bertz CT molecular complexity index is 589. The first-order valence-electron chi connectivity index (χ1n) is 8.16. The highest BCUT2D eigenvalue weighted by molar-refractivity contribution is 7.89. The van der Waals surface area contributed by atoms with Crippen LogP contribution in [-0.2, 0) is 14.4 Å². The average molecular weight is 358 g/mol. The van der Waals surface area contributed by atoms with Gasteiger partial charge in [-0.1, -0.05) is 38.5 Å². The van der Waals surface area contributed by atoms with Gasteiger partial charge in [0.2, 0.25) is 10.0 Å². The van der Waals surface area contributed by atoms with Crippen LogP contribution < -0.4 is 4.72 Å². The molecule has 0 unspecified atom stereocenters. The molecule has 0 spiro atoms. The fraction of sp³-hybridized carbons (Fsp3) is 0.647. The predicted octanol–water partition coefficient (Wildman–Crippen LogP) is 4.08. The van der Waals surface area contributed by atoms with Crippen LogP contribution >= 0.6 is 0 Å². The van der Waals surface area contributed by atoms with E-state index in [-0.39, 0.29) is 5.04 Å². The molecule has 1 rings (SSSR count). The van der Waals surface area contributed by atoms with Gasteiger partial charge in [0.25, 0.3) is 0 Å². The monoisotopic (exact) mass is 357 g/mol. The first-order chi connectivity index (χ1) is 10.5. The Hall–Kier alpha value is -0.693. The molecular weight excluding hydrogens is 326 g/mol. The van der Waals surface area contributed by atoms with E-state index < -0.39 is 18.3 Å². The summed E-state index contributed by atoms with van der Waals surface area (Å²) in [5.41, 5.74) is 1.05. The van der Waals surface area contributed by atoms with Crippen LogP contribution in [0.5, 0.6) is 0 Å². The fourth-order valence-corrected chi connectivity index (χ4v) is 3.94. The van der Waals surface area contributed by atoms with Gasteiger partial charge in [0.1, 0.15) is 0 Å². The largest absolute Gasteiger partial charge is 0.417 e. The van der Waals surface area contributed by atoms with Crippen LogP contribution in [0.2, 0.25) is 18.1 Å². The fourth-order valence-electron chi connectivity index (χ4n) is 1.78. The zero-order valence-electron chi connectivity index (χ0n) is 15.3. The molecule has 0 bridgehead atoms. The molecule has 23 heavy (non-hydrogen) atoms. The third-order valence-electron chi connectivity index (χ3n) is 4.46. The zero-order valence-corrected chi connectivity index (χ0v) is 17.1. The molecule has 0 fully saturated rings. The van der Waals surface area contributed by atoms with Gasteiger partial charge in [0, 0.05) is 13.2 Å². The Kier molecular flexibility index (Phi) is 7.01. The number of nitrogens with one attached hydrogen (secondary N) is 1. The lowest BCUT2D eigenvalue weighted by atomic mass is 10.2. The van der Waals surface area contributed by atoms with Crippen LogP contribution in [0.4, 0.5) is 0 Å². The Labute approximate surface area is 142 Å². The van der Waals surface area contributed by atoms with E-state index in [2.05, 4.69) is 38.6 Å². The minimum Gasteiger partial charge on any atom is -0.417 e. The topological polar surface area (TPSA) is 55.4 Å². The summed E-state index contributed by atoms with van der Waals surface area (Å²) in [5, 5.41) is 0.208. The summed E-state index contributed by atoms with van der Waals surface area (Å²) < 4.78 is 33.0. The summed E-state index contributed by atoms with van der Waals surface area (Å²) in [6.45, 7) is 14.2. The Morgan fingerprint density at radius 2 is 1.65 bits per heavy atom. The van der Waals surface area contributed by atoms with Gasteiger partial charge in [-0.2, -0.15) is 0 Å². The second-order valence-electron chi connectivity index (χ2n) is 7.53. The average Bonchev–Trinajstić information content (AvgIpc) is 2.42.